The van der Waals surface area contributed by atoms with Crippen LogP contribution in [0.3, 0.4) is 0 Å². The highest BCUT2D eigenvalue weighted by molar-refractivity contribution is 5.52. The van der Waals surface area contributed by atoms with Crippen molar-refractivity contribution in [3.63, 3.8) is 0 Å². The number of nitrogens with one attached hydrogen (secondary N) is 1. The topological polar surface area (TPSA) is 56.3 Å². The second-order valence-electron chi connectivity index (χ2n) is 7.08. The van der Waals surface area contributed by atoms with Gasteiger partial charge in [-0.1, -0.05) is 12.2 Å². The molecule has 1 aromatic rings. The number of hydrogen-bond acceptors (Lipinski definition) is 5. The molecule has 1 aromatic heterocycles. The van der Waals surface area contributed by atoms with Crippen molar-refractivity contribution in [1.82, 2.24) is 9.97 Å². The van der Waals surface area contributed by atoms with Crippen LogP contribution in [0.4, 0.5) is 14.7 Å². The molecule has 3 aliphatic rings. The van der Waals surface area contributed by atoms with Crippen LogP contribution in [-0.4, -0.2) is 41.3 Å². The van der Waals surface area contributed by atoms with Crippen LogP contribution in [0.2, 0.25) is 0 Å². The monoisotopic (exact) mass is 363 g/mol. The summed E-state index contributed by atoms with van der Waals surface area (Å²) in [6, 6.07) is -0.0226. The van der Waals surface area contributed by atoms with Gasteiger partial charge in [0, 0.05) is 36.7 Å². The highest BCUT2D eigenvalue weighted by Crippen LogP contribution is 2.33. The Morgan fingerprint density at radius 2 is 2.08 bits per heavy atom. The minimum absolute atomic E-state index is 0.0226. The molecule has 26 heavy (non-hydrogen) atoms. The van der Waals surface area contributed by atoms with E-state index in [1.54, 1.807) is 6.20 Å². The first-order chi connectivity index (χ1) is 12.6. The lowest BCUT2D eigenvalue weighted by Gasteiger charge is -2.28. The molecule has 0 aromatic carbocycles. The van der Waals surface area contributed by atoms with E-state index >= 15 is 0 Å². The smallest absolute Gasteiger partial charge is 0.248 e. The van der Waals surface area contributed by atoms with Crippen LogP contribution in [0.1, 0.15) is 38.5 Å². The van der Waals surface area contributed by atoms with E-state index in [2.05, 4.69) is 21.4 Å². The van der Waals surface area contributed by atoms with Gasteiger partial charge in [0.05, 0.1) is 13.2 Å². The van der Waals surface area contributed by atoms with Gasteiger partial charge in [0.1, 0.15) is 17.2 Å². The van der Waals surface area contributed by atoms with E-state index in [0.29, 0.717) is 37.8 Å². The van der Waals surface area contributed by atoms with Crippen molar-refractivity contribution in [2.75, 3.05) is 18.5 Å². The van der Waals surface area contributed by atoms with Crippen molar-refractivity contribution in [2.45, 2.75) is 56.6 Å². The molecule has 2 fully saturated rings. The van der Waals surface area contributed by atoms with Gasteiger partial charge in [-0.15, -0.1) is 0 Å². The zero-order chi connectivity index (χ0) is 18.0. The average molecular weight is 363 g/mol. The Labute approximate surface area is 150 Å². The third-order valence-corrected chi connectivity index (χ3v) is 5.03. The average Bonchev–Trinajstić information content (AvgIpc) is 3.05. The van der Waals surface area contributed by atoms with E-state index < -0.39 is 5.92 Å². The second-order valence-corrected chi connectivity index (χ2v) is 7.08. The summed E-state index contributed by atoms with van der Waals surface area (Å²) in [5.41, 5.74) is 0. The summed E-state index contributed by atoms with van der Waals surface area (Å²) < 4.78 is 38.1. The van der Waals surface area contributed by atoms with Gasteiger partial charge in [-0.3, -0.25) is 0 Å². The predicted molar refractivity (Wildman–Crippen MR) is 94.0 cm³/mol. The summed E-state index contributed by atoms with van der Waals surface area (Å²) in [6.45, 7) is 1.30. The maximum atomic E-state index is 13.3. The quantitative estimate of drug-likeness (QED) is 0.888. The van der Waals surface area contributed by atoms with E-state index in [1.807, 2.05) is 12.2 Å². The van der Waals surface area contributed by atoms with Crippen molar-refractivity contribution >= 4 is 17.8 Å². The molecule has 2 aliphatic carbocycles. The summed E-state index contributed by atoms with van der Waals surface area (Å²) in [5, 5.41) is 4.88. The zero-order valence-corrected chi connectivity index (χ0v) is 14.6. The van der Waals surface area contributed by atoms with Gasteiger partial charge in [-0.25, -0.2) is 18.7 Å². The molecule has 1 unspecified atom stereocenters. The number of alkyl halides is 2. The number of aromatic nitrogens is 2. The van der Waals surface area contributed by atoms with E-state index in [4.69, 9.17) is 9.47 Å². The predicted octanol–water partition coefficient (Wildman–Crippen LogP) is 2.12. The molecule has 1 saturated heterocycles. The molecule has 1 atom stereocenters. The Bertz CT molecular complexity index is 793. The summed E-state index contributed by atoms with van der Waals surface area (Å²) in [5.74, 6) is -1.36. The molecule has 7 heteroatoms. The summed E-state index contributed by atoms with van der Waals surface area (Å²) >= 11 is 0. The lowest BCUT2D eigenvalue weighted by molar-refractivity contribution is -0.0361. The minimum atomic E-state index is -2.54. The third kappa shape index (κ3) is 4.03. The molecule has 1 N–H and O–H groups in total. The molecule has 2 heterocycles. The number of fused-ring (bicyclic) bond motifs is 1. The van der Waals surface area contributed by atoms with Gasteiger partial charge in [-0.05, 0) is 25.3 Å². The van der Waals surface area contributed by atoms with Gasteiger partial charge in [-0.2, -0.15) is 0 Å². The molecular formula is C19H23F2N3O2. The number of anilines is 1. The Hall–Kier alpha value is -2.02. The number of hydrogen-bond donors (Lipinski definition) is 1. The Morgan fingerprint density at radius 3 is 2.85 bits per heavy atom. The van der Waals surface area contributed by atoms with Gasteiger partial charge < -0.3 is 14.8 Å². The molecule has 1 aliphatic heterocycles. The molecule has 0 spiro atoms. The molecule has 140 valence electrons. The van der Waals surface area contributed by atoms with E-state index in [9.17, 15) is 8.78 Å². The van der Waals surface area contributed by atoms with Gasteiger partial charge >= 0.3 is 0 Å². The Balaban J connectivity index is 1.58. The van der Waals surface area contributed by atoms with Crippen LogP contribution in [0, 0.1) is 0 Å². The van der Waals surface area contributed by atoms with E-state index in [0.717, 1.165) is 23.4 Å². The summed E-state index contributed by atoms with van der Waals surface area (Å²) in [7, 11) is 0. The van der Waals surface area contributed by atoms with Gasteiger partial charge in [0.2, 0.25) is 11.9 Å². The number of rotatable bonds is 4. The van der Waals surface area contributed by atoms with Crippen molar-refractivity contribution in [3.05, 3.63) is 28.9 Å². The van der Waals surface area contributed by atoms with E-state index in [1.165, 1.54) is 0 Å². The first kappa shape index (κ1) is 17.4. The Kier molecular flexibility index (Phi) is 4.89. The van der Waals surface area contributed by atoms with Crippen LogP contribution in [0.25, 0.3) is 11.8 Å². The second kappa shape index (κ2) is 7.31. The van der Waals surface area contributed by atoms with Crippen molar-refractivity contribution in [1.29, 1.82) is 0 Å². The van der Waals surface area contributed by atoms with Crippen LogP contribution in [0.15, 0.2) is 18.3 Å². The fraction of sp³-hybridized carbons (Fsp3) is 0.579. The fourth-order valence-corrected chi connectivity index (χ4v) is 3.50. The lowest BCUT2D eigenvalue weighted by atomic mass is 9.92. The number of nitrogens with zero attached hydrogens (tertiary/aromatic N) is 2. The molecular weight excluding hydrogens is 340 g/mol. The van der Waals surface area contributed by atoms with Crippen LogP contribution in [-0.2, 0) is 9.47 Å². The molecule has 0 amide bonds. The highest BCUT2D eigenvalue weighted by Gasteiger charge is 2.35. The molecule has 0 radical (unpaired) electrons. The van der Waals surface area contributed by atoms with Gasteiger partial charge in [0.25, 0.3) is 0 Å². The Morgan fingerprint density at radius 1 is 1.23 bits per heavy atom. The SMILES string of the molecule is FC1(F)CCC(Nc2ncc3c(n2)=C(OC2CCOC2)C=CCC=3)CC1. The largest absolute Gasteiger partial charge is 0.486 e. The fourth-order valence-electron chi connectivity index (χ4n) is 3.50. The third-order valence-electron chi connectivity index (χ3n) is 5.03. The summed E-state index contributed by atoms with van der Waals surface area (Å²) in [4.78, 5) is 9.00. The normalized spacial score (nSPS) is 25.3. The van der Waals surface area contributed by atoms with Crippen molar-refractivity contribution in [2.24, 2.45) is 0 Å². The molecule has 1 saturated carbocycles. The minimum Gasteiger partial charge on any atom is -0.486 e. The van der Waals surface area contributed by atoms with Crippen molar-refractivity contribution < 1.29 is 18.3 Å². The maximum Gasteiger partial charge on any atom is 0.248 e. The van der Waals surface area contributed by atoms with Gasteiger partial charge in [0.15, 0.2) is 0 Å². The first-order valence-corrected chi connectivity index (χ1v) is 9.22. The molecule has 4 rings (SSSR count). The van der Waals surface area contributed by atoms with Crippen LogP contribution >= 0.6 is 0 Å². The standard InChI is InChI=1S/C19H23F2N3O2/c20-19(21)8-5-14(6-9-19)23-18-22-11-13-3-1-2-4-16(17(13)24-18)26-15-7-10-25-12-15/h2-4,11,14-15H,1,5-10,12H2,(H,23,24). The first-order valence-electron chi connectivity index (χ1n) is 9.22. The summed E-state index contributed by atoms with van der Waals surface area (Å²) in [6.07, 6.45) is 10.1. The van der Waals surface area contributed by atoms with E-state index in [-0.39, 0.29) is 25.0 Å². The highest BCUT2D eigenvalue weighted by atomic mass is 19.3. The zero-order valence-electron chi connectivity index (χ0n) is 14.6. The number of halogens is 2. The van der Waals surface area contributed by atoms with Crippen molar-refractivity contribution in [3.8, 4) is 0 Å². The molecule has 5 nitrogen and oxygen atoms in total. The van der Waals surface area contributed by atoms with Crippen LogP contribution in [0.5, 0.6) is 0 Å². The number of ether oxygens (including phenoxy) is 2. The van der Waals surface area contributed by atoms with Crippen LogP contribution < -0.4 is 15.9 Å². The lowest BCUT2D eigenvalue weighted by Crippen LogP contribution is -2.36. The maximum absolute atomic E-state index is 13.3. The number of allylic oxidation sites excluding steroid dienone is 1. The molecule has 0 bridgehead atoms.